The van der Waals surface area contributed by atoms with Gasteiger partial charge in [0.05, 0.1) is 14.2 Å². The van der Waals surface area contributed by atoms with E-state index < -0.39 is 0 Å². The average Bonchev–Trinajstić information content (AvgIpc) is 3.16. The summed E-state index contributed by atoms with van der Waals surface area (Å²) in [4.78, 5) is 18.5. The molecule has 6 nitrogen and oxygen atoms in total. The molecule has 6 heteroatoms. The highest BCUT2D eigenvalue weighted by molar-refractivity contribution is 5.74. The number of rotatable bonds is 5. The Kier molecular flexibility index (Phi) is 5.38. The Bertz CT molecular complexity index is 721. The van der Waals surface area contributed by atoms with E-state index in [-0.39, 0.29) is 6.03 Å². The maximum Gasteiger partial charge on any atom is 0.317 e. The van der Waals surface area contributed by atoms with E-state index in [2.05, 4.69) is 16.4 Å². The largest absolute Gasteiger partial charge is 0.493 e. The van der Waals surface area contributed by atoms with Crippen molar-refractivity contribution in [1.82, 2.24) is 15.2 Å². The van der Waals surface area contributed by atoms with E-state index in [4.69, 9.17) is 9.47 Å². The normalized spacial score (nSPS) is 16.6. The molecule has 25 heavy (non-hydrogen) atoms. The maximum absolute atomic E-state index is 12.5. The van der Waals surface area contributed by atoms with Crippen molar-refractivity contribution in [2.75, 3.05) is 27.3 Å². The third kappa shape index (κ3) is 3.84. The second-order valence-electron chi connectivity index (χ2n) is 6.03. The zero-order chi connectivity index (χ0) is 17.6. The molecular weight excluding hydrogens is 318 g/mol. The smallest absolute Gasteiger partial charge is 0.317 e. The van der Waals surface area contributed by atoms with Gasteiger partial charge < -0.3 is 19.7 Å². The van der Waals surface area contributed by atoms with Crippen LogP contribution in [-0.2, 0) is 6.54 Å². The van der Waals surface area contributed by atoms with Gasteiger partial charge in [0.25, 0.3) is 0 Å². The molecule has 132 valence electrons. The maximum atomic E-state index is 12.5. The minimum Gasteiger partial charge on any atom is -0.493 e. The highest BCUT2D eigenvalue weighted by Gasteiger charge is 2.27. The third-order valence-corrected chi connectivity index (χ3v) is 4.55. The van der Waals surface area contributed by atoms with Crippen molar-refractivity contribution in [2.45, 2.75) is 18.9 Å². The first kappa shape index (κ1) is 17.1. The molecule has 2 amide bonds. The van der Waals surface area contributed by atoms with Gasteiger partial charge in [0.2, 0.25) is 0 Å². The molecule has 1 atom stereocenters. The van der Waals surface area contributed by atoms with Gasteiger partial charge in [0.1, 0.15) is 0 Å². The predicted molar refractivity (Wildman–Crippen MR) is 94.9 cm³/mol. The number of pyridine rings is 1. The van der Waals surface area contributed by atoms with Gasteiger partial charge in [-0.05, 0) is 24.1 Å². The number of nitrogens with zero attached hydrogens (tertiary/aromatic N) is 2. The van der Waals surface area contributed by atoms with Crippen LogP contribution in [0, 0.1) is 0 Å². The van der Waals surface area contributed by atoms with E-state index in [9.17, 15) is 4.79 Å². The fourth-order valence-electron chi connectivity index (χ4n) is 3.21. The predicted octanol–water partition coefficient (Wildman–Crippen LogP) is 2.80. The molecule has 1 aromatic heterocycles. The molecule has 0 aliphatic carbocycles. The number of hydrogen-bond donors (Lipinski definition) is 1. The van der Waals surface area contributed by atoms with Crippen molar-refractivity contribution < 1.29 is 14.3 Å². The Morgan fingerprint density at radius 2 is 2.16 bits per heavy atom. The number of methoxy groups -OCH3 is 2. The number of ether oxygens (including phenoxy) is 2. The van der Waals surface area contributed by atoms with Crippen molar-refractivity contribution in [3.05, 3.63) is 53.9 Å². The monoisotopic (exact) mass is 341 g/mol. The van der Waals surface area contributed by atoms with Crippen LogP contribution >= 0.6 is 0 Å². The Labute approximate surface area is 147 Å². The van der Waals surface area contributed by atoms with Crippen LogP contribution in [0.3, 0.4) is 0 Å². The van der Waals surface area contributed by atoms with E-state index in [0.29, 0.717) is 30.5 Å². The molecule has 0 radical (unpaired) electrons. The first-order valence-corrected chi connectivity index (χ1v) is 8.35. The number of benzene rings is 1. The number of carbonyl (C=O) groups is 1. The number of urea groups is 1. The van der Waals surface area contributed by atoms with Crippen molar-refractivity contribution in [1.29, 1.82) is 0 Å². The molecule has 2 heterocycles. The summed E-state index contributed by atoms with van der Waals surface area (Å²) in [6.07, 6.45) is 4.61. The van der Waals surface area contributed by atoms with Crippen LogP contribution in [0.1, 0.15) is 23.5 Å². The summed E-state index contributed by atoms with van der Waals surface area (Å²) in [6.45, 7) is 1.86. The van der Waals surface area contributed by atoms with E-state index in [1.165, 1.54) is 5.56 Å². The fraction of sp³-hybridized carbons (Fsp3) is 0.368. The molecule has 0 saturated carbocycles. The number of nitrogens with one attached hydrogen (secondary N) is 1. The van der Waals surface area contributed by atoms with Gasteiger partial charge in [-0.3, -0.25) is 4.98 Å². The van der Waals surface area contributed by atoms with Crippen molar-refractivity contribution >= 4 is 6.03 Å². The summed E-state index contributed by atoms with van der Waals surface area (Å²) in [6, 6.07) is 9.59. The second kappa shape index (κ2) is 7.88. The molecule has 2 aromatic rings. The number of aromatic nitrogens is 1. The molecule has 1 N–H and O–H groups in total. The molecule has 1 unspecified atom stereocenters. The Morgan fingerprint density at radius 1 is 1.28 bits per heavy atom. The van der Waals surface area contributed by atoms with Gasteiger partial charge in [-0.15, -0.1) is 0 Å². The molecule has 1 saturated heterocycles. The zero-order valence-electron chi connectivity index (χ0n) is 14.6. The standard InChI is InChI=1S/C19H23N3O3/c1-24-17-7-3-5-15(18(17)25-2)12-21-19(23)22-10-8-16(13-22)14-6-4-9-20-11-14/h3-7,9,11,16H,8,10,12-13H2,1-2H3,(H,21,23). The number of likely N-dealkylation sites (tertiary alicyclic amines) is 1. The van der Waals surface area contributed by atoms with Crippen LogP contribution < -0.4 is 14.8 Å². The van der Waals surface area contributed by atoms with E-state index in [1.54, 1.807) is 20.4 Å². The van der Waals surface area contributed by atoms with E-state index in [1.807, 2.05) is 35.4 Å². The summed E-state index contributed by atoms with van der Waals surface area (Å²) in [7, 11) is 3.20. The molecule has 1 aromatic carbocycles. The molecule has 0 bridgehead atoms. The van der Waals surface area contributed by atoms with E-state index in [0.717, 1.165) is 18.5 Å². The number of hydrogen-bond acceptors (Lipinski definition) is 4. The number of carbonyl (C=O) groups excluding carboxylic acids is 1. The lowest BCUT2D eigenvalue weighted by atomic mass is 10.0. The Balaban J connectivity index is 1.59. The minimum atomic E-state index is -0.0590. The van der Waals surface area contributed by atoms with Gasteiger partial charge in [-0.25, -0.2) is 4.79 Å². The van der Waals surface area contributed by atoms with Gasteiger partial charge in [0, 0.05) is 43.5 Å². The molecule has 3 rings (SSSR count). The molecular formula is C19H23N3O3. The quantitative estimate of drug-likeness (QED) is 0.908. The summed E-state index contributed by atoms with van der Waals surface area (Å²) in [5, 5.41) is 2.97. The highest BCUT2D eigenvalue weighted by Crippen LogP contribution is 2.31. The van der Waals surface area contributed by atoms with Crippen molar-refractivity contribution in [3.8, 4) is 11.5 Å². The number of para-hydroxylation sites is 1. The third-order valence-electron chi connectivity index (χ3n) is 4.55. The lowest BCUT2D eigenvalue weighted by Gasteiger charge is -2.18. The van der Waals surface area contributed by atoms with Gasteiger partial charge >= 0.3 is 6.03 Å². The minimum absolute atomic E-state index is 0.0590. The SMILES string of the molecule is COc1cccc(CNC(=O)N2CCC(c3cccnc3)C2)c1OC. The second-order valence-corrected chi connectivity index (χ2v) is 6.03. The fourth-order valence-corrected chi connectivity index (χ4v) is 3.21. The van der Waals surface area contributed by atoms with Crippen LogP contribution in [0.4, 0.5) is 4.79 Å². The highest BCUT2D eigenvalue weighted by atomic mass is 16.5. The van der Waals surface area contributed by atoms with Gasteiger partial charge in [-0.1, -0.05) is 18.2 Å². The van der Waals surface area contributed by atoms with Crippen molar-refractivity contribution in [2.24, 2.45) is 0 Å². The van der Waals surface area contributed by atoms with Gasteiger partial charge in [0.15, 0.2) is 11.5 Å². The molecule has 1 aliphatic rings. The summed E-state index contributed by atoms with van der Waals surface area (Å²) < 4.78 is 10.7. The topological polar surface area (TPSA) is 63.7 Å². The van der Waals surface area contributed by atoms with Crippen LogP contribution in [0.25, 0.3) is 0 Å². The van der Waals surface area contributed by atoms with Crippen LogP contribution in [0.15, 0.2) is 42.7 Å². The Morgan fingerprint density at radius 3 is 2.88 bits per heavy atom. The van der Waals surface area contributed by atoms with Crippen LogP contribution in [0.2, 0.25) is 0 Å². The van der Waals surface area contributed by atoms with Crippen molar-refractivity contribution in [3.63, 3.8) is 0 Å². The Hall–Kier alpha value is -2.76. The molecule has 1 fully saturated rings. The van der Waals surface area contributed by atoms with E-state index >= 15 is 0 Å². The average molecular weight is 341 g/mol. The lowest BCUT2D eigenvalue weighted by molar-refractivity contribution is 0.207. The first-order valence-electron chi connectivity index (χ1n) is 8.35. The lowest BCUT2D eigenvalue weighted by Crippen LogP contribution is -2.38. The molecule has 0 spiro atoms. The first-order chi connectivity index (χ1) is 12.2. The zero-order valence-corrected chi connectivity index (χ0v) is 14.6. The van der Waals surface area contributed by atoms with Crippen LogP contribution in [0.5, 0.6) is 11.5 Å². The molecule has 1 aliphatic heterocycles. The number of amides is 2. The summed E-state index contributed by atoms with van der Waals surface area (Å²) >= 11 is 0. The van der Waals surface area contributed by atoms with Gasteiger partial charge in [-0.2, -0.15) is 0 Å². The summed E-state index contributed by atoms with van der Waals surface area (Å²) in [5.74, 6) is 1.66. The summed E-state index contributed by atoms with van der Waals surface area (Å²) in [5.41, 5.74) is 2.07. The van der Waals surface area contributed by atoms with Crippen LogP contribution in [-0.4, -0.2) is 43.2 Å².